The van der Waals surface area contributed by atoms with Gasteiger partial charge >= 0.3 is 0 Å². The lowest BCUT2D eigenvalue weighted by molar-refractivity contribution is -0.250. The van der Waals surface area contributed by atoms with Gasteiger partial charge in [0.25, 0.3) is 0 Å². The van der Waals surface area contributed by atoms with Gasteiger partial charge in [-0.15, -0.1) is 0 Å². The molecule has 1 aromatic heterocycles. The van der Waals surface area contributed by atoms with E-state index in [-0.39, 0.29) is 16.2 Å². The Balaban J connectivity index is 1.83. The van der Waals surface area contributed by atoms with E-state index >= 15 is 0 Å². The van der Waals surface area contributed by atoms with Gasteiger partial charge in [-0.2, -0.15) is 0 Å². The third kappa shape index (κ3) is 3.66. The number of ether oxygens (including phenoxy) is 1. The summed E-state index contributed by atoms with van der Waals surface area (Å²) in [4.78, 5) is 0. The molecule has 4 rings (SSSR count). The number of phenols is 1. The van der Waals surface area contributed by atoms with Gasteiger partial charge in [-0.05, 0) is 41.8 Å². The first kappa shape index (κ1) is 21.0. The maximum Gasteiger partial charge on any atom is 0.163 e. The molecule has 9 heteroatoms. The summed E-state index contributed by atoms with van der Waals surface area (Å²) in [5, 5.41) is 50.1. The molecule has 0 radical (unpaired) electrons. The zero-order valence-corrected chi connectivity index (χ0v) is 16.4. The first-order valence-electron chi connectivity index (χ1n) is 9.37. The SMILES string of the molecule is OC[C@H]1O[C@@H](n2cc(Cc3ccc(O)cc3)c3c(F)cc(Cl)cc32)[C@H](O)[C@@H](O)[C@@H]1O. The zero-order valence-electron chi connectivity index (χ0n) is 15.7. The normalized spacial score (nSPS) is 26.9. The predicted octanol–water partition coefficient (Wildman–Crippen LogP) is 1.70. The summed E-state index contributed by atoms with van der Waals surface area (Å²) in [6.45, 7) is -0.573. The average molecular weight is 438 g/mol. The highest BCUT2D eigenvalue weighted by molar-refractivity contribution is 6.31. The molecular weight excluding hydrogens is 417 g/mol. The van der Waals surface area contributed by atoms with Crippen molar-refractivity contribution in [2.45, 2.75) is 37.1 Å². The number of hydrogen-bond acceptors (Lipinski definition) is 6. The Morgan fingerprint density at radius 3 is 2.40 bits per heavy atom. The summed E-state index contributed by atoms with van der Waals surface area (Å²) in [6.07, 6.45) is -4.97. The van der Waals surface area contributed by atoms with E-state index in [0.717, 1.165) is 5.56 Å². The molecule has 0 bridgehead atoms. The van der Waals surface area contributed by atoms with Gasteiger partial charge in [0, 0.05) is 16.6 Å². The third-order valence-corrected chi connectivity index (χ3v) is 5.62. The van der Waals surface area contributed by atoms with Crippen molar-refractivity contribution in [3.63, 3.8) is 0 Å². The lowest BCUT2D eigenvalue weighted by atomic mass is 9.98. The molecule has 0 aliphatic carbocycles. The highest BCUT2D eigenvalue weighted by Gasteiger charge is 2.44. The molecule has 1 aliphatic rings. The fourth-order valence-electron chi connectivity index (χ4n) is 3.87. The molecule has 0 spiro atoms. The molecule has 3 aromatic rings. The Labute approximate surface area is 176 Å². The van der Waals surface area contributed by atoms with Gasteiger partial charge in [-0.25, -0.2) is 4.39 Å². The average Bonchev–Trinajstić information content (AvgIpc) is 3.06. The highest BCUT2D eigenvalue weighted by Crippen LogP contribution is 2.36. The molecular formula is C21H21ClFNO6. The fourth-order valence-corrected chi connectivity index (χ4v) is 4.07. The Morgan fingerprint density at radius 1 is 1.03 bits per heavy atom. The quantitative estimate of drug-likeness (QED) is 0.424. The number of aromatic hydroxyl groups is 1. The molecule has 1 aliphatic heterocycles. The lowest BCUT2D eigenvalue weighted by Gasteiger charge is -2.40. The number of fused-ring (bicyclic) bond motifs is 1. The number of benzene rings is 2. The van der Waals surface area contributed by atoms with Gasteiger partial charge < -0.3 is 34.8 Å². The van der Waals surface area contributed by atoms with Gasteiger partial charge in [-0.3, -0.25) is 0 Å². The van der Waals surface area contributed by atoms with Crippen molar-refractivity contribution in [3.8, 4) is 5.75 Å². The van der Waals surface area contributed by atoms with E-state index < -0.39 is 43.1 Å². The van der Waals surface area contributed by atoms with Crippen LogP contribution in [0.15, 0.2) is 42.6 Å². The largest absolute Gasteiger partial charge is 0.508 e. The second-order valence-corrected chi connectivity index (χ2v) is 7.84. The first-order chi connectivity index (χ1) is 14.3. The standard InChI is InChI=1S/C21H21ClFNO6/c22-12-6-14(23)17-11(5-10-1-3-13(26)4-2-10)8-24(15(17)7-12)21-20(29)19(28)18(27)16(9-25)30-21/h1-4,6-8,16,18-21,25-29H,5,9H2/t16-,18-,19+,20-,21-/m1/s1. The number of nitrogens with zero attached hydrogens (tertiary/aromatic N) is 1. The van der Waals surface area contributed by atoms with Gasteiger partial charge in [0.2, 0.25) is 0 Å². The van der Waals surface area contributed by atoms with Crippen LogP contribution in [0.5, 0.6) is 5.75 Å². The van der Waals surface area contributed by atoms with Crippen LogP contribution in [0.2, 0.25) is 5.02 Å². The van der Waals surface area contributed by atoms with Gasteiger partial charge in [0.1, 0.15) is 36.0 Å². The van der Waals surface area contributed by atoms with Crippen LogP contribution >= 0.6 is 11.6 Å². The molecule has 2 heterocycles. The van der Waals surface area contributed by atoms with E-state index in [1.54, 1.807) is 18.3 Å². The number of hydrogen-bond donors (Lipinski definition) is 5. The topological polar surface area (TPSA) is 115 Å². The maximum atomic E-state index is 14.9. The number of phenolic OH excluding ortho intramolecular Hbond substituents is 1. The lowest BCUT2D eigenvalue weighted by Crippen LogP contribution is -2.56. The molecule has 7 nitrogen and oxygen atoms in total. The molecule has 0 unspecified atom stereocenters. The van der Waals surface area contributed by atoms with Crippen LogP contribution in [0, 0.1) is 5.82 Å². The molecule has 0 amide bonds. The molecule has 2 aromatic carbocycles. The smallest absolute Gasteiger partial charge is 0.163 e. The zero-order chi connectivity index (χ0) is 21.6. The van der Waals surface area contributed by atoms with Crippen molar-refractivity contribution in [2.75, 3.05) is 6.61 Å². The van der Waals surface area contributed by atoms with Crippen LogP contribution in [-0.4, -0.2) is 61.1 Å². The molecule has 160 valence electrons. The Kier molecular flexibility index (Phi) is 5.71. The van der Waals surface area contributed by atoms with Crippen molar-refractivity contribution in [1.29, 1.82) is 0 Å². The van der Waals surface area contributed by atoms with E-state index in [0.29, 0.717) is 17.5 Å². The number of halogens is 2. The Hall–Kier alpha value is -2.20. The minimum Gasteiger partial charge on any atom is -0.508 e. The van der Waals surface area contributed by atoms with E-state index in [2.05, 4.69) is 0 Å². The summed E-state index contributed by atoms with van der Waals surface area (Å²) in [6, 6.07) is 9.17. The monoisotopic (exact) mass is 437 g/mol. The van der Waals surface area contributed by atoms with E-state index in [4.69, 9.17) is 16.3 Å². The van der Waals surface area contributed by atoms with Crippen LogP contribution in [0.4, 0.5) is 4.39 Å². The van der Waals surface area contributed by atoms with Crippen molar-refractivity contribution in [3.05, 3.63) is 64.6 Å². The highest BCUT2D eigenvalue weighted by atomic mass is 35.5. The Bertz CT molecular complexity index is 1050. The minimum absolute atomic E-state index is 0.112. The van der Waals surface area contributed by atoms with Gasteiger partial charge in [0.05, 0.1) is 12.1 Å². The molecule has 0 saturated carbocycles. The number of rotatable bonds is 4. The van der Waals surface area contributed by atoms with Gasteiger partial charge in [-0.1, -0.05) is 23.7 Å². The molecule has 30 heavy (non-hydrogen) atoms. The van der Waals surface area contributed by atoms with Crippen LogP contribution in [0.25, 0.3) is 10.9 Å². The molecule has 5 N–H and O–H groups in total. The number of aliphatic hydroxyl groups is 4. The summed E-state index contributed by atoms with van der Waals surface area (Å²) in [5.41, 5.74) is 1.72. The van der Waals surface area contributed by atoms with Crippen LogP contribution in [0.3, 0.4) is 0 Å². The number of aliphatic hydroxyl groups excluding tert-OH is 4. The molecule has 1 saturated heterocycles. The van der Waals surface area contributed by atoms with Crippen LogP contribution in [-0.2, 0) is 11.2 Å². The van der Waals surface area contributed by atoms with E-state index in [9.17, 15) is 29.9 Å². The van der Waals surface area contributed by atoms with E-state index in [1.807, 2.05) is 0 Å². The van der Waals surface area contributed by atoms with Crippen molar-refractivity contribution in [2.24, 2.45) is 0 Å². The summed E-state index contributed by atoms with van der Waals surface area (Å²) < 4.78 is 21.9. The first-order valence-corrected chi connectivity index (χ1v) is 9.75. The maximum absolute atomic E-state index is 14.9. The molecule has 1 fully saturated rings. The minimum atomic E-state index is -1.57. The van der Waals surface area contributed by atoms with Crippen molar-refractivity contribution in [1.82, 2.24) is 4.57 Å². The second-order valence-electron chi connectivity index (χ2n) is 7.41. The third-order valence-electron chi connectivity index (χ3n) is 5.40. The van der Waals surface area contributed by atoms with Crippen molar-refractivity contribution >= 4 is 22.5 Å². The summed E-state index contributed by atoms with van der Waals surface area (Å²) in [5.74, 6) is -0.449. The second kappa shape index (κ2) is 8.14. The summed E-state index contributed by atoms with van der Waals surface area (Å²) >= 11 is 6.05. The molecule has 5 atom stereocenters. The Morgan fingerprint density at radius 2 is 1.73 bits per heavy atom. The van der Waals surface area contributed by atoms with Gasteiger partial charge in [0.15, 0.2) is 6.23 Å². The number of aromatic nitrogens is 1. The van der Waals surface area contributed by atoms with Crippen LogP contribution in [0.1, 0.15) is 17.4 Å². The summed E-state index contributed by atoms with van der Waals surface area (Å²) in [7, 11) is 0. The fraction of sp³-hybridized carbons (Fsp3) is 0.333. The van der Waals surface area contributed by atoms with E-state index in [1.165, 1.54) is 28.8 Å². The van der Waals surface area contributed by atoms with Crippen LogP contribution < -0.4 is 0 Å². The predicted molar refractivity (Wildman–Crippen MR) is 107 cm³/mol. The van der Waals surface area contributed by atoms with Crippen molar-refractivity contribution < 1.29 is 34.7 Å².